The first-order valence-electron chi connectivity index (χ1n) is 2.32. The van der Waals surface area contributed by atoms with Crippen LogP contribution in [-0.4, -0.2) is 11.7 Å². The van der Waals surface area contributed by atoms with Crippen molar-refractivity contribution in [1.82, 2.24) is 0 Å². The van der Waals surface area contributed by atoms with Crippen molar-refractivity contribution in [3.05, 3.63) is 6.92 Å². The van der Waals surface area contributed by atoms with Gasteiger partial charge in [-0.3, -0.25) is 0 Å². The van der Waals surface area contributed by atoms with Crippen LogP contribution >= 0.6 is 0 Å². The van der Waals surface area contributed by atoms with Gasteiger partial charge in [0.05, 0.1) is 0 Å². The van der Waals surface area contributed by atoms with Gasteiger partial charge in [0.25, 0.3) is 0 Å². The quantitative estimate of drug-likeness (QED) is 0.502. The molecule has 0 atom stereocenters. The SMILES string of the molecule is [CH2-]CCCCO.[Y]. The molecule has 2 heteroatoms. The standard InChI is InChI=1S/C5H11O.Y/c1-2-3-4-5-6;/h6H,1-5H2;/q-1;. The Balaban J connectivity index is 0. The molecule has 0 heterocycles. The molecule has 0 unspecified atom stereocenters. The van der Waals surface area contributed by atoms with Gasteiger partial charge < -0.3 is 12.0 Å². The topological polar surface area (TPSA) is 20.2 Å². The van der Waals surface area contributed by atoms with Crippen molar-refractivity contribution in [3.8, 4) is 0 Å². The van der Waals surface area contributed by atoms with Crippen LogP contribution in [0.1, 0.15) is 19.3 Å². The summed E-state index contributed by atoms with van der Waals surface area (Å²) in [5.74, 6) is 0. The number of hydrogen-bond acceptors (Lipinski definition) is 1. The summed E-state index contributed by atoms with van der Waals surface area (Å²) in [7, 11) is 0. The Kier molecular flexibility index (Phi) is 15.8. The van der Waals surface area contributed by atoms with E-state index in [0.29, 0.717) is 6.61 Å². The number of unbranched alkanes of at least 4 members (excludes halogenated alkanes) is 2. The number of aliphatic hydroxyl groups excluding tert-OH is 1. The van der Waals surface area contributed by atoms with E-state index in [1.165, 1.54) is 0 Å². The zero-order valence-electron chi connectivity index (χ0n) is 4.56. The van der Waals surface area contributed by atoms with Gasteiger partial charge in [0, 0.05) is 39.3 Å². The van der Waals surface area contributed by atoms with Gasteiger partial charge in [0.1, 0.15) is 0 Å². The summed E-state index contributed by atoms with van der Waals surface area (Å²) in [6.07, 6.45) is 2.90. The van der Waals surface area contributed by atoms with E-state index in [1.807, 2.05) is 0 Å². The maximum atomic E-state index is 8.17. The average molecular weight is 176 g/mol. The summed E-state index contributed by atoms with van der Waals surface area (Å²) >= 11 is 0. The zero-order valence-corrected chi connectivity index (χ0v) is 7.40. The molecule has 0 fully saturated rings. The Morgan fingerprint density at radius 1 is 1.29 bits per heavy atom. The minimum Gasteiger partial charge on any atom is -0.396 e. The predicted molar refractivity (Wildman–Crippen MR) is 26.3 cm³/mol. The molecule has 1 radical (unpaired) electrons. The molecule has 41 valence electrons. The van der Waals surface area contributed by atoms with Crippen molar-refractivity contribution >= 4 is 0 Å². The van der Waals surface area contributed by atoms with E-state index in [4.69, 9.17) is 5.11 Å². The largest absolute Gasteiger partial charge is 0.396 e. The molecular formula is C5H11OY-. The van der Waals surface area contributed by atoms with E-state index in [2.05, 4.69) is 6.92 Å². The predicted octanol–water partition coefficient (Wildman–Crippen LogP) is 0.981. The van der Waals surface area contributed by atoms with Crippen molar-refractivity contribution in [2.45, 2.75) is 19.3 Å². The normalized spacial score (nSPS) is 7.71. The Morgan fingerprint density at radius 2 is 1.86 bits per heavy atom. The summed E-state index contributed by atoms with van der Waals surface area (Å²) in [5, 5.41) is 8.17. The zero-order chi connectivity index (χ0) is 4.83. The fourth-order valence-corrected chi connectivity index (χ4v) is 0.289. The molecule has 0 aliphatic heterocycles. The molecule has 0 aromatic rings. The molecule has 0 rings (SSSR count). The second kappa shape index (κ2) is 10.1. The van der Waals surface area contributed by atoms with Gasteiger partial charge in [-0.05, 0) is 6.42 Å². The summed E-state index contributed by atoms with van der Waals surface area (Å²) in [5.41, 5.74) is 0. The molecule has 0 aromatic carbocycles. The Bertz CT molecular complexity index is 20.0. The van der Waals surface area contributed by atoms with Crippen LogP contribution in [-0.2, 0) is 32.7 Å². The maximum Gasteiger partial charge on any atom is 0.0430 e. The molecule has 7 heavy (non-hydrogen) atoms. The van der Waals surface area contributed by atoms with E-state index >= 15 is 0 Å². The van der Waals surface area contributed by atoms with Crippen LogP contribution in [0.4, 0.5) is 0 Å². The third-order valence-electron chi connectivity index (χ3n) is 0.658. The molecule has 0 bridgehead atoms. The van der Waals surface area contributed by atoms with E-state index in [0.717, 1.165) is 19.3 Å². The molecule has 0 aliphatic carbocycles. The average Bonchev–Trinajstić information content (AvgIpc) is 1.61. The van der Waals surface area contributed by atoms with Crippen LogP contribution in [0.5, 0.6) is 0 Å². The van der Waals surface area contributed by atoms with Crippen molar-refractivity contribution in [2.24, 2.45) is 0 Å². The first-order chi connectivity index (χ1) is 2.91. The van der Waals surface area contributed by atoms with Crippen LogP contribution in [0.2, 0.25) is 0 Å². The molecule has 0 saturated carbocycles. The van der Waals surface area contributed by atoms with E-state index in [9.17, 15) is 0 Å². The van der Waals surface area contributed by atoms with Crippen molar-refractivity contribution in [3.63, 3.8) is 0 Å². The van der Waals surface area contributed by atoms with Crippen LogP contribution in [0, 0.1) is 6.92 Å². The maximum absolute atomic E-state index is 8.17. The molecule has 0 aromatic heterocycles. The van der Waals surface area contributed by atoms with E-state index < -0.39 is 0 Å². The van der Waals surface area contributed by atoms with Crippen molar-refractivity contribution < 1.29 is 37.8 Å². The molecule has 0 amide bonds. The molecule has 1 nitrogen and oxygen atoms in total. The fourth-order valence-electron chi connectivity index (χ4n) is 0.289. The first-order valence-corrected chi connectivity index (χ1v) is 2.32. The summed E-state index contributed by atoms with van der Waals surface area (Å²) in [6, 6.07) is 0. The van der Waals surface area contributed by atoms with Gasteiger partial charge >= 0.3 is 0 Å². The second-order valence-corrected chi connectivity index (χ2v) is 1.28. The second-order valence-electron chi connectivity index (χ2n) is 1.28. The van der Waals surface area contributed by atoms with E-state index in [-0.39, 0.29) is 32.7 Å². The Hall–Kier alpha value is 1.06. The monoisotopic (exact) mass is 176 g/mol. The van der Waals surface area contributed by atoms with E-state index in [1.54, 1.807) is 0 Å². The minimum absolute atomic E-state index is 0. The molecular weight excluding hydrogens is 165 g/mol. The molecule has 0 spiro atoms. The van der Waals surface area contributed by atoms with Crippen molar-refractivity contribution in [2.75, 3.05) is 6.61 Å². The van der Waals surface area contributed by atoms with Crippen molar-refractivity contribution in [1.29, 1.82) is 0 Å². The van der Waals surface area contributed by atoms with Gasteiger partial charge in [-0.2, -0.15) is 6.42 Å². The van der Waals surface area contributed by atoms with Crippen LogP contribution < -0.4 is 0 Å². The summed E-state index contributed by atoms with van der Waals surface area (Å²) in [4.78, 5) is 0. The third kappa shape index (κ3) is 11.0. The van der Waals surface area contributed by atoms with Gasteiger partial charge in [-0.25, -0.2) is 0 Å². The smallest absolute Gasteiger partial charge is 0.0430 e. The van der Waals surface area contributed by atoms with Crippen LogP contribution in [0.15, 0.2) is 0 Å². The Morgan fingerprint density at radius 3 is 2.00 bits per heavy atom. The summed E-state index contributed by atoms with van der Waals surface area (Å²) in [6.45, 7) is 3.93. The molecule has 0 aliphatic rings. The van der Waals surface area contributed by atoms with Gasteiger partial charge in [-0.1, -0.05) is 6.42 Å². The first kappa shape index (κ1) is 10.9. The fraction of sp³-hybridized carbons (Fsp3) is 0.800. The minimum atomic E-state index is 0. The van der Waals surface area contributed by atoms with Crippen LogP contribution in [0.3, 0.4) is 0 Å². The number of hydrogen-bond donors (Lipinski definition) is 1. The molecule has 1 N–H and O–H groups in total. The molecule has 0 saturated heterocycles. The number of rotatable bonds is 3. The van der Waals surface area contributed by atoms with Gasteiger partial charge in [-0.15, -0.1) is 0 Å². The van der Waals surface area contributed by atoms with Gasteiger partial charge in [0.2, 0.25) is 0 Å². The van der Waals surface area contributed by atoms with Gasteiger partial charge in [0.15, 0.2) is 0 Å². The number of aliphatic hydroxyl groups is 1. The Labute approximate surface area is 70.4 Å². The summed E-state index contributed by atoms with van der Waals surface area (Å²) < 4.78 is 0. The van der Waals surface area contributed by atoms with Crippen LogP contribution in [0.25, 0.3) is 0 Å². The third-order valence-corrected chi connectivity index (χ3v) is 0.658.